The van der Waals surface area contributed by atoms with E-state index in [1.807, 2.05) is 36.4 Å². The zero-order valence-corrected chi connectivity index (χ0v) is 15.6. The third-order valence-corrected chi connectivity index (χ3v) is 6.06. The Labute approximate surface area is 154 Å². The number of aryl methyl sites for hydroxylation is 1. The van der Waals surface area contributed by atoms with E-state index in [1.54, 1.807) is 12.1 Å². The molecule has 1 aromatic heterocycles. The maximum Gasteiger partial charge on any atom is 0.255 e. The van der Waals surface area contributed by atoms with E-state index >= 15 is 0 Å². The summed E-state index contributed by atoms with van der Waals surface area (Å²) in [7, 11) is 1.93. The van der Waals surface area contributed by atoms with Crippen LogP contribution in [0.5, 0.6) is 0 Å². The molecule has 2 aliphatic heterocycles. The van der Waals surface area contributed by atoms with Crippen LogP contribution in [0, 0.1) is 19.7 Å². The molecule has 1 aromatic carbocycles. The Morgan fingerprint density at radius 2 is 1.77 bits per heavy atom. The summed E-state index contributed by atoms with van der Waals surface area (Å²) in [4.78, 5) is 15.1. The molecule has 26 heavy (non-hydrogen) atoms. The van der Waals surface area contributed by atoms with Crippen LogP contribution in [-0.2, 0) is 0 Å². The van der Waals surface area contributed by atoms with Crippen molar-refractivity contribution in [2.75, 3.05) is 7.05 Å². The highest BCUT2D eigenvalue weighted by Crippen LogP contribution is 2.30. The van der Waals surface area contributed by atoms with Gasteiger partial charge < -0.3 is 14.8 Å². The number of piperidine rings is 1. The summed E-state index contributed by atoms with van der Waals surface area (Å²) in [5, 5.41) is 3.63. The van der Waals surface area contributed by atoms with E-state index in [2.05, 4.69) is 5.32 Å². The largest absolute Gasteiger partial charge is 0.339 e. The van der Waals surface area contributed by atoms with Gasteiger partial charge in [0.15, 0.2) is 0 Å². The van der Waals surface area contributed by atoms with Crippen LogP contribution in [0.15, 0.2) is 30.3 Å². The minimum absolute atomic E-state index is 0.0813. The minimum atomic E-state index is -0.257. The van der Waals surface area contributed by atoms with Crippen LogP contribution in [-0.4, -0.2) is 40.5 Å². The summed E-state index contributed by atoms with van der Waals surface area (Å²) >= 11 is 0. The van der Waals surface area contributed by atoms with Crippen LogP contribution in [0.1, 0.15) is 47.4 Å². The Morgan fingerprint density at radius 1 is 1.15 bits per heavy atom. The smallest absolute Gasteiger partial charge is 0.255 e. The number of benzene rings is 1. The summed E-state index contributed by atoms with van der Waals surface area (Å²) in [6, 6.07) is 9.76. The Hall–Kier alpha value is -2.14. The van der Waals surface area contributed by atoms with Gasteiger partial charge in [0.1, 0.15) is 5.82 Å². The molecule has 2 atom stereocenters. The number of nitrogens with one attached hydrogen (secondary N) is 1. The fourth-order valence-electron chi connectivity index (χ4n) is 4.67. The van der Waals surface area contributed by atoms with Crippen molar-refractivity contribution in [1.82, 2.24) is 14.8 Å². The predicted molar refractivity (Wildman–Crippen MR) is 100 cm³/mol. The highest BCUT2D eigenvalue weighted by atomic mass is 19.1. The first-order chi connectivity index (χ1) is 12.4. The second-order valence-electron chi connectivity index (χ2n) is 7.78. The molecule has 0 radical (unpaired) electrons. The van der Waals surface area contributed by atoms with E-state index < -0.39 is 0 Å². The first-order valence-corrected chi connectivity index (χ1v) is 9.42. The van der Waals surface area contributed by atoms with Crippen LogP contribution in [0.3, 0.4) is 0 Å². The number of aromatic nitrogens is 1. The van der Waals surface area contributed by atoms with Gasteiger partial charge in [-0.3, -0.25) is 4.79 Å². The Balaban J connectivity index is 1.60. The van der Waals surface area contributed by atoms with Gasteiger partial charge in [0.25, 0.3) is 5.91 Å². The topological polar surface area (TPSA) is 37.3 Å². The van der Waals surface area contributed by atoms with Crippen molar-refractivity contribution < 1.29 is 9.18 Å². The van der Waals surface area contributed by atoms with E-state index in [0.29, 0.717) is 18.1 Å². The molecule has 4 nitrogen and oxygen atoms in total. The van der Waals surface area contributed by atoms with E-state index in [4.69, 9.17) is 0 Å². The number of carbonyl (C=O) groups is 1. The van der Waals surface area contributed by atoms with Crippen LogP contribution >= 0.6 is 0 Å². The summed E-state index contributed by atoms with van der Waals surface area (Å²) in [6.07, 6.45) is 4.52. The van der Waals surface area contributed by atoms with Crippen molar-refractivity contribution in [3.05, 3.63) is 53.1 Å². The first-order valence-electron chi connectivity index (χ1n) is 9.42. The first kappa shape index (κ1) is 17.3. The van der Waals surface area contributed by atoms with Crippen molar-refractivity contribution >= 4 is 5.91 Å². The molecule has 138 valence electrons. The summed E-state index contributed by atoms with van der Waals surface area (Å²) in [5.74, 6) is -0.175. The lowest BCUT2D eigenvalue weighted by Crippen LogP contribution is -2.48. The Bertz CT molecular complexity index is 815. The molecule has 2 saturated heterocycles. The summed E-state index contributed by atoms with van der Waals surface area (Å²) in [6.45, 7) is 3.95. The molecule has 2 fully saturated rings. The van der Waals surface area contributed by atoms with Gasteiger partial charge >= 0.3 is 0 Å². The normalized spacial score (nSPS) is 24.7. The number of fused-ring (bicyclic) bond motifs is 2. The molecule has 3 heterocycles. The zero-order chi connectivity index (χ0) is 18.4. The van der Waals surface area contributed by atoms with Gasteiger partial charge in [-0.1, -0.05) is 0 Å². The molecular weight excluding hydrogens is 329 g/mol. The summed E-state index contributed by atoms with van der Waals surface area (Å²) in [5.41, 5.74) is 3.50. The number of amides is 1. The van der Waals surface area contributed by atoms with E-state index in [9.17, 15) is 9.18 Å². The maximum atomic E-state index is 13.2. The molecule has 0 spiro atoms. The Kier molecular flexibility index (Phi) is 4.35. The van der Waals surface area contributed by atoms with Crippen LogP contribution in [0.25, 0.3) is 5.69 Å². The molecule has 0 aliphatic carbocycles. The number of hydrogen-bond donors (Lipinski definition) is 1. The van der Waals surface area contributed by atoms with E-state index in [-0.39, 0.29) is 11.7 Å². The molecule has 2 aromatic rings. The second kappa shape index (κ2) is 6.54. The monoisotopic (exact) mass is 355 g/mol. The quantitative estimate of drug-likeness (QED) is 0.914. The average molecular weight is 355 g/mol. The molecule has 5 heteroatoms. The predicted octanol–water partition coefficient (Wildman–Crippen LogP) is 3.59. The van der Waals surface area contributed by atoms with Crippen LogP contribution in [0.2, 0.25) is 0 Å². The van der Waals surface area contributed by atoms with Gasteiger partial charge in [-0.25, -0.2) is 4.39 Å². The lowest BCUT2D eigenvalue weighted by Gasteiger charge is -2.35. The van der Waals surface area contributed by atoms with Gasteiger partial charge in [-0.2, -0.15) is 0 Å². The standard InChI is InChI=1S/C21H26FN3O/c1-13-10-20(14(2)25(13)18-8-4-15(22)5-9-18)21(26)24(3)19-11-16-6-7-17(12-19)23-16/h4-5,8-10,16-17,19,23H,6-7,11-12H2,1-3H3. The van der Waals surface area contributed by atoms with Gasteiger partial charge in [0.2, 0.25) is 0 Å². The highest BCUT2D eigenvalue weighted by Gasteiger charge is 2.37. The van der Waals surface area contributed by atoms with Gasteiger partial charge in [-0.05, 0) is 69.9 Å². The molecule has 2 aliphatic rings. The van der Waals surface area contributed by atoms with Crippen molar-refractivity contribution in [3.63, 3.8) is 0 Å². The molecule has 4 rings (SSSR count). The van der Waals surface area contributed by atoms with Gasteiger partial charge in [0, 0.05) is 42.2 Å². The maximum absolute atomic E-state index is 13.2. The second-order valence-corrected chi connectivity index (χ2v) is 7.78. The van der Waals surface area contributed by atoms with Crippen molar-refractivity contribution in [1.29, 1.82) is 0 Å². The molecule has 0 saturated carbocycles. The molecule has 2 bridgehead atoms. The van der Waals surface area contributed by atoms with Gasteiger partial charge in [-0.15, -0.1) is 0 Å². The minimum Gasteiger partial charge on any atom is -0.339 e. The fraction of sp³-hybridized carbons (Fsp3) is 0.476. The highest BCUT2D eigenvalue weighted by molar-refractivity contribution is 5.96. The van der Waals surface area contributed by atoms with Crippen molar-refractivity contribution in [3.8, 4) is 5.69 Å². The van der Waals surface area contributed by atoms with Crippen molar-refractivity contribution in [2.45, 2.75) is 57.7 Å². The van der Waals surface area contributed by atoms with Crippen LogP contribution in [0.4, 0.5) is 4.39 Å². The average Bonchev–Trinajstić information content (AvgIpc) is 3.12. The number of rotatable bonds is 3. The van der Waals surface area contributed by atoms with E-state index in [1.165, 1.54) is 25.0 Å². The van der Waals surface area contributed by atoms with Crippen LogP contribution < -0.4 is 5.32 Å². The molecule has 1 N–H and O–H groups in total. The lowest BCUT2D eigenvalue weighted by molar-refractivity contribution is 0.0681. The Morgan fingerprint density at radius 3 is 2.38 bits per heavy atom. The van der Waals surface area contributed by atoms with Gasteiger partial charge in [0.05, 0.1) is 5.56 Å². The summed E-state index contributed by atoms with van der Waals surface area (Å²) < 4.78 is 15.3. The number of hydrogen-bond acceptors (Lipinski definition) is 2. The third kappa shape index (κ3) is 2.94. The molecule has 1 amide bonds. The lowest BCUT2D eigenvalue weighted by atomic mass is 9.98. The molecular formula is C21H26FN3O. The zero-order valence-electron chi connectivity index (χ0n) is 15.6. The molecule has 2 unspecified atom stereocenters. The SMILES string of the molecule is Cc1cc(C(=O)N(C)C2CC3CCC(C2)N3)c(C)n1-c1ccc(F)cc1. The number of halogens is 1. The number of carbonyl (C=O) groups excluding carboxylic acids is 1. The van der Waals surface area contributed by atoms with E-state index in [0.717, 1.165) is 35.5 Å². The fourth-order valence-corrected chi connectivity index (χ4v) is 4.67. The number of nitrogens with zero attached hydrogens (tertiary/aromatic N) is 2. The third-order valence-electron chi connectivity index (χ3n) is 6.06. The van der Waals surface area contributed by atoms with Crippen molar-refractivity contribution in [2.24, 2.45) is 0 Å².